The van der Waals surface area contributed by atoms with E-state index in [0.717, 1.165) is 0 Å². The molecule has 0 amide bonds. The van der Waals surface area contributed by atoms with Gasteiger partial charge in [-0.1, -0.05) is 0 Å². The third-order valence-electron chi connectivity index (χ3n) is 0.796. The van der Waals surface area contributed by atoms with Crippen molar-refractivity contribution in [3.63, 3.8) is 0 Å². The minimum absolute atomic E-state index is 0.437. The smallest absolute Gasteiger partial charge is 0.339 e. The maximum atomic E-state index is 10.3. The van der Waals surface area contributed by atoms with Crippen molar-refractivity contribution in [1.82, 2.24) is 5.32 Å². The van der Waals surface area contributed by atoms with Gasteiger partial charge < -0.3 is 14.9 Å². The highest BCUT2D eigenvalue weighted by Gasteiger charge is 2.21. The van der Waals surface area contributed by atoms with E-state index in [4.69, 9.17) is 25.6 Å². The van der Waals surface area contributed by atoms with Crippen LogP contribution in [0.2, 0.25) is 0 Å². The number of nitrogens with one attached hydrogen (secondary N) is 1. The molecule has 1 atom stereocenters. The molecule has 0 bridgehead atoms. The van der Waals surface area contributed by atoms with Gasteiger partial charge in [-0.25, -0.2) is 4.79 Å². The molecule has 0 heterocycles. The lowest BCUT2D eigenvalue weighted by Gasteiger charge is -2.10. The second-order valence-corrected chi connectivity index (χ2v) is 4.66. The molecule has 0 rings (SSSR count). The third kappa shape index (κ3) is 5.82. The fourth-order valence-electron chi connectivity index (χ4n) is 0.359. The van der Waals surface area contributed by atoms with E-state index in [1.54, 1.807) is 0 Å². The molecule has 72 valence electrons. The van der Waals surface area contributed by atoms with Gasteiger partial charge >= 0.3 is 13.6 Å². The second-order valence-electron chi connectivity index (χ2n) is 1.83. The summed E-state index contributed by atoms with van der Waals surface area (Å²) in [4.78, 5) is 26.9. The van der Waals surface area contributed by atoms with Crippen molar-refractivity contribution in [3.05, 3.63) is 0 Å². The molecule has 9 heteroatoms. The lowest BCUT2D eigenvalue weighted by molar-refractivity contribution is -0.136. The number of carbonyl (C=O) groups is 1. The van der Waals surface area contributed by atoms with Crippen LogP contribution in [0.3, 0.4) is 0 Å². The highest BCUT2D eigenvalue weighted by Crippen LogP contribution is 2.32. The molecule has 0 aliphatic rings. The van der Waals surface area contributed by atoms with Gasteiger partial charge in [0, 0.05) is 0 Å². The molecule has 0 saturated carbocycles. The van der Waals surface area contributed by atoms with E-state index in [1.807, 2.05) is 0 Å². The number of carboxylic acid groups (broad SMARTS) is 1. The molecular weight excluding hydrogens is 229 g/mol. The molecule has 0 saturated heterocycles. The van der Waals surface area contributed by atoms with Crippen LogP contribution in [0.5, 0.6) is 0 Å². The molecular formula is C3H7ClNO5PS. The molecule has 0 spiro atoms. The Morgan fingerprint density at radius 1 is 1.67 bits per heavy atom. The number of rotatable bonds is 5. The van der Waals surface area contributed by atoms with E-state index < -0.39 is 25.2 Å². The van der Waals surface area contributed by atoms with Gasteiger partial charge in [-0.05, 0) is 21.7 Å². The van der Waals surface area contributed by atoms with Gasteiger partial charge in [0.05, 0.1) is 6.29 Å². The summed E-state index contributed by atoms with van der Waals surface area (Å²) in [6.07, 6.45) is -0.705. The van der Waals surface area contributed by atoms with E-state index in [2.05, 4.69) is 5.32 Å². The molecule has 0 fully saturated rings. The van der Waals surface area contributed by atoms with E-state index in [-0.39, 0.29) is 0 Å². The molecule has 0 aliphatic heterocycles. The van der Waals surface area contributed by atoms with Gasteiger partial charge in [0.15, 0.2) is 5.37 Å². The average molecular weight is 236 g/mol. The Morgan fingerprint density at radius 2 is 2.17 bits per heavy atom. The number of hydrogen-bond acceptors (Lipinski definition) is 4. The summed E-state index contributed by atoms with van der Waals surface area (Å²) in [5.41, 5.74) is 0. The zero-order valence-corrected chi connectivity index (χ0v) is 8.14. The summed E-state index contributed by atoms with van der Waals surface area (Å²) >= 11 is 0. The Hall–Kier alpha value is 0.220. The largest absolute Gasteiger partial charge is 0.479 e. The molecule has 0 aromatic heterocycles. The Balaban J connectivity index is 3.90. The summed E-state index contributed by atoms with van der Waals surface area (Å²) in [6.45, 7) is 0. The van der Waals surface area contributed by atoms with Crippen LogP contribution in [0.1, 0.15) is 0 Å². The molecule has 12 heavy (non-hydrogen) atoms. The van der Waals surface area contributed by atoms with Gasteiger partial charge in [-0.2, -0.15) is 0 Å². The van der Waals surface area contributed by atoms with E-state index in [0.29, 0.717) is 11.0 Å². The quantitative estimate of drug-likeness (QED) is 0.393. The van der Waals surface area contributed by atoms with Crippen molar-refractivity contribution >= 4 is 35.2 Å². The minimum atomic E-state index is -4.22. The highest BCUT2D eigenvalue weighted by atomic mass is 35.7. The van der Waals surface area contributed by atoms with Gasteiger partial charge in [-0.3, -0.25) is 9.88 Å². The fourth-order valence-corrected chi connectivity index (χ4v) is 1.54. The van der Waals surface area contributed by atoms with Crippen LogP contribution in [0.15, 0.2) is 0 Å². The monoisotopic (exact) mass is 235 g/mol. The summed E-state index contributed by atoms with van der Waals surface area (Å²) in [7, 11) is 1.33. The van der Waals surface area contributed by atoms with Crippen molar-refractivity contribution < 1.29 is 24.3 Å². The number of aliphatic carboxylic acids is 1. The SMILES string of the molecule is O=C(O)C(NCP(=O)(O)O)SCl. The molecule has 4 N–H and O–H groups in total. The first kappa shape index (κ1) is 12.2. The Labute approximate surface area is 77.0 Å². The summed E-state index contributed by atoms with van der Waals surface area (Å²) < 4.78 is 10.3. The van der Waals surface area contributed by atoms with Crippen LogP contribution < -0.4 is 5.32 Å². The van der Waals surface area contributed by atoms with Crippen LogP contribution >= 0.6 is 29.3 Å². The number of hydrogen-bond donors (Lipinski definition) is 4. The summed E-state index contributed by atoms with van der Waals surface area (Å²) in [6, 6.07) is 0. The maximum Gasteiger partial charge on any atom is 0.339 e. The van der Waals surface area contributed by atoms with Gasteiger partial charge in [-0.15, -0.1) is 0 Å². The Bertz CT molecular complexity index is 207. The average Bonchev–Trinajstić information content (AvgIpc) is 1.85. The second kappa shape index (κ2) is 5.06. The normalized spacial score (nSPS) is 14.2. The minimum Gasteiger partial charge on any atom is -0.479 e. The van der Waals surface area contributed by atoms with E-state index >= 15 is 0 Å². The Morgan fingerprint density at radius 3 is 2.42 bits per heavy atom. The van der Waals surface area contributed by atoms with Crippen molar-refractivity contribution in [2.24, 2.45) is 0 Å². The lowest BCUT2D eigenvalue weighted by atomic mass is 10.7. The van der Waals surface area contributed by atoms with Crippen molar-refractivity contribution in [1.29, 1.82) is 0 Å². The predicted octanol–water partition coefficient (Wildman–Crippen LogP) is 0.00890. The van der Waals surface area contributed by atoms with Gasteiger partial charge in [0.1, 0.15) is 0 Å². The zero-order chi connectivity index (χ0) is 9.78. The first-order chi connectivity index (χ1) is 5.37. The van der Waals surface area contributed by atoms with Crippen molar-refractivity contribution in [2.75, 3.05) is 6.29 Å². The standard InChI is InChI=1S/C3H7ClNO5PS/c4-12-2(3(6)7)5-1-11(8,9)10/h2,5H,1H2,(H,6,7)(H2,8,9,10). The van der Waals surface area contributed by atoms with Crippen LogP contribution in [-0.4, -0.2) is 32.5 Å². The molecule has 1 unspecified atom stereocenters. The zero-order valence-electron chi connectivity index (χ0n) is 5.68. The first-order valence-electron chi connectivity index (χ1n) is 2.65. The molecule has 0 aliphatic carbocycles. The van der Waals surface area contributed by atoms with Crippen LogP contribution in [0, 0.1) is 0 Å². The number of halogens is 1. The molecule has 0 aromatic rings. The first-order valence-corrected chi connectivity index (χ1v) is 6.15. The van der Waals surface area contributed by atoms with Crippen molar-refractivity contribution in [3.8, 4) is 0 Å². The lowest BCUT2D eigenvalue weighted by Crippen LogP contribution is -2.33. The third-order valence-corrected chi connectivity index (χ3v) is 2.47. The molecule has 6 nitrogen and oxygen atoms in total. The van der Waals surface area contributed by atoms with E-state index in [9.17, 15) is 9.36 Å². The van der Waals surface area contributed by atoms with Gasteiger partial charge in [0.25, 0.3) is 0 Å². The van der Waals surface area contributed by atoms with Crippen molar-refractivity contribution in [2.45, 2.75) is 5.37 Å². The highest BCUT2D eigenvalue weighted by molar-refractivity contribution is 8.22. The van der Waals surface area contributed by atoms with Gasteiger partial charge in [0.2, 0.25) is 0 Å². The van der Waals surface area contributed by atoms with Crippen LogP contribution in [-0.2, 0) is 9.36 Å². The van der Waals surface area contributed by atoms with E-state index in [1.165, 1.54) is 0 Å². The maximum absolute atomic E-state index is 10.3. The Kier molecular flexibility index (Phi) is 5.15. The summed E-state index contributed by atoms with van der Waals surface area (Å²) in [5, 5.41) is 9.22. The number of carboxylic acids is 1. The molecule has 0 radical (unpaired) electrons. The topological polar surface area (TPSA) is 107 Å². The summed E-state index contributed by atoms with van der Waals surface area (Å²) in [5.74, 6) is -1.27. The fraction of sp³-hybridized carbons (Fsp3) is 0.667. The predicted molar refractivity (Wildman–Crippen MR) is 44.9 cm³/mol. The van der Waals surface area contributed by atoms with Crippen LogP contribution in [0.4, 0.5) is 0 Å². The van der Waals surface area contributed by atoms with Crippen LogP contribution in [0.25, 0.3) is 0 Å². The molecule has 0 aromatic carbocycles.